The molecule has 0 radical (unpaired) electrons. The Labute approximate surface area is 182 Å². The summed E-state index contributed by atoms with van der Waals surface area (Å²) >= 11 is 1.35. The van der Waals surface area contributed by atoms with Gasteiger partial charge in [-0.05, 0) is 43.3 Å². The van der Waals surface area contributed by atoms with Crippen molar-refractivity contribution in [2.45, 2.75) is 17.3 Å². The van der Waals surface area contributed by atoms with Crippen LogP contribution in [0.4, 0.5) is 4.39 Å². The molecule has 1 atom stereocenters. The molecule has 1 amide bonds. The fourth-order valence-electron chi connectivity index (χ4n) is 3.68. The van der Waals surface area contributed by atoms with Gasteiger partial charge in [0.25, 0.3) is 0 Å². The van der Waals surface area contributed by atoms with E-state index in [1.54, 1.807) is 12.1 Å². The second-order valence-corrected chi connectivity index (χ2v) is 8.61. The van der Waals surface area contributed by atoms with E-state index in [-0.39, 0.29) is 17.0 Å². The standard InChI is InChI=1S/C22H20FN5O2S/c1-14(21(29)27-10-12-30-13-11-27)31-22-26-25-20-17-4-2-3-5-18(17)24-19(28(20)22)15-6-8-16(23)9-7-15/h2-9,14H,10-13H2,1H3. The number of aromatic nitrogens is 4. The molecular formula is C22H20FN5O2S. The summed E-state index contributed by atoms with van der Waals surface area (Å²) < 4.78 is 20.7. The molecule has 0 bridgehead atoms. The minimum Gasteiger partial charge on any atom is -0.378 e. The number of nitrogens with zero attached hydrogens (tertiary/aromatic N) is 5. The van der Waals surface area contributed by atoms with E-state index in [0.29, 0.717) is 42.9 Å². The number of benzene rings is 2. The Balaban J connectivity index is 1.59. The normalized spacial score (nSPS) is 15.5. The van der Waals surface area contributed by atoms with Gasteiger partial charge in [0.15, 0.2) is 10.8 Å². The number of ether oxygens (including phenoxy) is 1. The minimum absolute atomic E-state index is 0.0436. The van der Waals surface area contributed by atoms with E-state index < -0.39 is 0 Å². The summed E-state index contributed by atoms with van der Waals surface area (Å²) in [6.07, 6.45) is 0. The quantitative estimate of drug-likeness (QED) is 0.456. The highest BCUT2D eigenvalue weighted by atomic mass is 32.2. The van der Waals surface area contributed by atoms with Crippen LogP contribution in [0.25, 0.3) is 27.9 Å². The molecule has 7 nitrogen and oxygen atoms in total. The maximum Gasteiger partial charge on any atom is 0.236 e. The summed E-state index contributed by atoms with van der Waals surface area (Å²) in [5, 5.41) is 9.87. The molecule has 0 spiro atoms. The number of morpholine rings is 1. The highest BCUT2D eigenvalue weighted by Gasteiger charge is 2.26. The summed E-state index contributed by atoms with van der Waals surface area (Å²) in [6, 6.07) is 13.9. The lowest BCUT2D eigenvalue weighted by Crippen LogP contribution is -2.44. The summed E-state index contributed by atoms with van der Waals surface area (Å²) in [6.45, 7) is 4.17. The average Bonchev–Trinajstić information content (AvgIpc) is 3.23. The number of carbonyl (C=O) groups excluding carboxylic acids is 1. The van der Waals surface area contributed by atoms with Crippen molar-refractivity contribution in [3.05, 3.63) is 54.3 Å². The number of rotatable bonds is 4. The van der Waals surface area contributed by atoms with Crippen molar-refractivity contribution < 1.29 is 13.9 Å². The summed E-state index contributed by atoms with van der Waals surface area (Å²) in [5.41, 5.74) is 2.17. The van der Waals surface area contributed by atoms with Crippen LogP contribution >= 0.6 is 11.8 Å². The molecule has 1 saturated heterocycles. The van der Waals surface area contributed by atoms with Crippen LogP contribution in [-0.2, 0) is 9.53 Å². The van der Waals surface area contributed by atoms with Gasteiger partial charge in [-0.2, -0.15) is 0 Å². The van der Waals surface area contributed by atoms with Crippen LogP contribution in [0.2, 0.25) is 0 Å². The topological polar surface area (TPSA) is 72.6 Å². The Morgan fingerprint density at radius 2 is 1.84 bits per heavy atom. The third-order valence-corrected chi connectivity index (χ3v) is 6.30. The van der Waals surface area contributed by atoms with E-state index in [1.165, 1.54) is 23.9 Å². The third kappa shape index (κ3) is 3.75. The maximum atomic E-state index is 13.5. The molecule has 4 aromatic rings. The molecule has 158 valence electrons. The second kappa shape index (κ2) is 8.24. The lowest BCUT2D eigenvalue weighted by molar-refractivity contribution is -0.134. The number of carbonyl (C=O) groups is 1. The lowest BCUT2D eigenvalue weighted by Gasteiger charge is -2.28. The highest BCUT2D eigenvalue weighted by molar-refractivity contribution is 8.00. The van der Waals surface area contributed by atoms with E-state index >= 15 is 0 Å². The van der Waals surface area contributed by atoms with Crippen molar-refractivity contribution in [2.24, 2.45) is 0 Å². The Hall–Kier alpha value is -3.04. The second-order valence-electron chi connectivity index (χ2n) is 7.30. The first-order valence-corrected chi connectivity index (χ1v) is 10.9. The smallest absolute Gasteiger partial charge is 0.236 e. The number of fused-ring (bicyclic) bond motifs is 3. The number of hydrogen-bond acceptors (Lipinski definition) is 6. The van der Waals surface area contributed by atoms with Crippen LogP contribution in [0.3, 0.4) is 0 Å². The molecule has 1 aliphatic rings. The fourth-order valence-corrected chi connectivity index (χ4v) is 4.61. The molecule has 9 heteroatoms. The van der Waals surface area contributed by atoms with Gasteiger partial charge in [-0.15, -0.1) is 10.2 Å². The SMILES string of the molecule is CC(Sc1nnc2c3ccccc3nc(-c3ccc(F)cc3)n12)C(=O)N1CCOCC1. The van der Waals surface area contributed by atoms with Crippen molar-refractivity contribution in [2.75, 3.05) is 26.3 Å². The average molecular weight is 438 g/mol. The largest absolute Gasteiger partial charge is 0.378 e. The predicted molar refractivity (Wildman–Crippen MR) is 116 cm³/mol. The van der Waals surface area contributed by atoms with Gasteiger partial charge in [0.2, 0.25) is 5.91 Å². The summed E-state index contributed by atoms with van der Waals surface area (Å²) in [7, 11) is 0. The van der Waals surface area contributed by atoms with Crippen molar-refractivity contribution in [1.29, 1.82) is 0 Å². The Morgan fingerprint density at radius 3 is 2.61 bits per heavy atom. The van der Waals surface area contributed by atoms with Crippen LogP contribution in [0.15, 0.2) is 53.7 Å². The van der Waals surface area contributed by atoms with Gasteiger partial charge in [-0.3, -0.25) is 9.20 Å². The molecule has 3 heterocycles. The predicted octanol–water partition coefficient (Wildman–Crippen LogP) is 3.42. The zero-order chi connectivity index (χ0) is 21.4. The first-order chi connectivity index (χ1) is 15.1. The summed E-state index contributed by atoms with van der Waals surface area (Å²) in [5.74, 6) is 0.332. The Morgan fingerprint density at radius 1 is 1.10 bits per heavy atom. The fraction of sp³-hybridized carbons (Fsp3) is 0.273. The Kier molecular flexibility index (Phi) is 5.29. The molecule has 0 aliphatic carbocycles. The van der Waals surface area contributed by atoms with Crippen molar-refractivity contribution in [3.63, 3.8) is 0 Å². The van der Waals surface area contributed by atoms with Crippen molar-refractivity contribution >= 4 is 34.2 Å². The van der Waals surface area contributed by atoms with Gasteiger partial charge >= 0.3 is 0 Å². The van der Waals surface area contributed by atoms with Gasteiger partial charge in [0.05, 0.1) is 24.0 Å². The van der Waals surface area contributed by atoms with Crippen LogP contribution in [-0.4, -0.2) is 61.9 Å². The molecule has 2 aromatic heterocycles. The monoisotopic (exact) mass is 437 g/mol. The lowest BCUT2D eigenvalue weighted by atomic mass is 10.2. The van der Waals surface area contributed by atoms with Gasteiger partial charge < -0.3 is 9.64 Å². The number of thioether (sulfide) groups is 1. The van der Waals surface area contributed by atoms with Gasteiger partial charge in [-0.1, -0.05) is 23.9 Å². The van der Waals surface area contributed by atoms with Crippen LogP contribution in [0.5, 0.6) is 0 Å². The molecule has 31 heavy (non-hydrogen) atoms. The number of amides is 1. The van der Waals surface area contributed by atoms with Crippen LogP contribution in [0, 0.1) is 5.82 Å². The first kappa shape index (κ1) is 19.9. The molecule has 0 N–H and O–H groups in total. The van der Waals surface area contributed by atoms with E-state index in [4.69, 9.17) is 9.72 Å². The van der Waals surface area contributed by atoms with Gasteiger partial charge in [0, 0.05) is 24.0 Å². The van der Waals surface area contributed by atoms with E-state index in [1.807, 2.05) is 40.5 Å². The molecule has 1 unspecified atom stereocenters. The van der Waals surface area contributed by atoms with E-state index in [2.05, 4.69) is 10.2 Å². The van der Waals surface area contributed by atoms with Crippen molar-refractivity contribution in [1.82, 2.24) is 24.5 Å². The molecule has 1 aliphatic heterocycles. The van der Waals surface area contributed by atoms with E-state index in [9.17, 15) is 9.18 Å². The zero-order valence-corrected chi connectivity index (χ0v) is 17.7. The van der Waals surface area contributed by atoms with Crippen LogP contribution < -0.4 is 0 Å². The van der Waals surface area contributed by atoms with Crippen molar-refractivity contribution in [3.8, 4) is 11.4 Å². The molecule has 5 rings (SSSR count). The molecule has 0 saturated carbocycles. The zero-order valence-electron chi connectivity index (χ0n) is 16.9. The van der Waals surface area contributed by atoms with Crippen LogP contribution in [0.1, 0.15) is 6.92 Å². The summed E-state index contributed by atoms with van der Waals surface area (Å²) in [4.78, 5) is 19.5. The minimum atomic E-state index is -0.349. The number of hydrogen-bond donors (Lipinski definition) is 0. The van der Waals surface area contributed by atoms with Gasteiger partial charge in [-0.25, -0.2) is 9.37 Å². The number of para-hydroxylation sites is 1. The molecule has 1 fully saturated rings. The molecule has 2 aromatic carbocycles. The Bertz CT molecular complexity index is 1250. The first-order valence-electron chi connectivity index (χ1n) is 10.0. The maximum absolute atomic E-state index is 13.5. The third-order valence-electron chi connectivity index (χ3n) is 5.27. The van der Waals surface area contributed by atoms with Gasteiger partial charge in [0.1, 0.15) is 11.6 Å². The van der Waals surface area contributed by atoms with E-state index in [0.717, 1.165) is 16.5 Å². The number of halogens is 1. The highest BCUT2D eigenvalue weighted by Crippen LogP contribution is 2.31. The molecular weight excluding hydrogens is 417 g/mol.